The molecule has 1 aromatic carbocycles. The minimum atomic E-state index is -1.34. The summed E-state index contributed by atoms with van der Waals surface area (Å²) in [4.78, 5) is 11.8. The topological polar surface area (TPSA) is 115 Å². The quantitative estimate of drug-likeness (QED) is 0.335. The summed E-state index contributed by atoms with van der Waals surface area (Å²) in [6, 6.07) is 2.36. The Balaban J connectivity index is 2.22. The molecule has 9 heteroatoms. The summed E-state index contributed by atoms with van der Waals surface area (Å²) in [5.74, 6) is -3.17. The molecule has 5 atom stereocenters. The highest BCUT2D eigenvalue weighted by molar-refractivity contribution is 5.95. The summed E-state index contributed by atoms with van der Waals surface area (Å²) in [5, 5.41) is 29.8. The number of carbonyl (C=O) groups is 1. The van der Waals surface area contributed by atoms with Crippen LogP contribution >= 0.6 is 0 Å². The van der Waals surface area contributed by atoms with E-state index in [9.17, 15) is 24.5 Å². The van der Waals surface area contributed by atoms with E-state index in [0.29, 0.717) is 0 Å². The highest BCUT2D eigenvalue weighted by atomic mass is 19.1. The molecule has 0 amide bonds. The van der Waals surface area contributed by atoms with Gasteiger partial charge in [-0.05, 0) is 45.2 Å². The van der Waals surface area contributed by atoms with Gasteiger partial charge in [-0.15, -0.1) is 0 Å². The van der Waals surface area contributed by atoms with Crippen LogP contribution in [-0.4, -0.2) is 65.4 Å². The summed E-state index contributed by atoms with van der Waals surface area (Å²) >= 11 is 0. The number of rotatable bonds is 11. The average Bonchev–Trinajstić information content (AvgIpc) is 3.05. The fourth-order valence-corrected chi connectivity index (χ4v) is 3.41. The van der Waals surface area contributed by atoms with Crippen molar-refractivity contribution >= 4 is 12.0 Å². The molecule has 1 saturated heterocycles. The maximum Gasteiger partial charge on any atom is 0.340 e. The SMILES string of the molecule is COCOc1ccc(F)c(/C=C/C[C@H]2OC(C)(C)O[C@@H]2C(O)/C=C\[C@@H](C)[C@H](C)O)c1C(=O)O. The van der Waals surface area contributed by atoms with Gasteiger partial charge in [-0.2, -0.15) is 0 Å². The van der Waals surface area contributed by atoms with Crippen molar-refractivity contribution in [2.24, 2.45) is 5.92 Å². The zero-order valence-corrected chi connectivity index (χ0v) is 19.5. The van der Waals surface area contributed by atoms with Crippen molar-refractivity contribution in [2.75, 3.05) is 13.9 Å². The second-order valence-electron chi connectivity index (χ2n) is 8.44. The van der Waals surface area contributed by atoms with Crippen LogP contribution in [0.15, 0.2) is 30.4 Å². The van der Waals surface area contributed by atoms with Crippen LogP contribution < -0.4 is 4.74 Å². The highest BCUT2D eigenvalue weighted by Gasteiger charge is 2.43. The third-order valence-electron chi connectivity index (χ3n) is 5.28. The fourth-order valence-electron chi connectivity index (χ4n) is 3.41. The minimum absolute atomic E-state index is 0.0161. The Labute approximate surface area is 193 Å². The first-order chi connectivity index (χ1) is 15.5. The number of methoxy groups -OCH3 is 1. The van der Waals surface area contributed by atoms with Crippen molar-refractivity contribution in [3.05, 3.63) is 47.3 Å². The van der Waals surface area contributed by atoms with Crippen molar-refractivity contribution in [3.8, 4) is 5.75 Å². The van der Waals surface area contributed by atoms with Gasteiger partial charge < -0.3 is 34.3 Å². The third kappa shape index (κ3) is 7.35. The average molecular weight is 469 g/mol. The van der Waals surface area contributed by atoms with Crippen molar-refractivity contribution in [1.29, 1.82) is 0 Å². The number of carboxylic acids is 1. The van der Waals surface area contributed by atoms with Crippen LogP contribution in [-0.2, 0) is 14.2 Å². The van der Waals surface area contributed by atoms with Gasteiger partial charge in [0.2, 0.25) is 0 Å². The molecule has 0 aliphatic carbocycles. The van der Waals surface area contributed by atoms with Crippen LogP contribution in [0, 0.1) is 11.7 Å². The van der Waals surface area contributed by atoms with Crippen LogP contribution in [0.4, 0.5) is 4.39 Å². The Kier molecular flexibility index (Phi) is 9.57. The van der Waals surface area contributed by atoms with Crippen molar-refractivity contribution in [2.45, 2.75) is 64.3 Å². The molecule has 0 spiro atoms. The van der Waals surface area contributed by atoms with E-state index in [-0.39, 0.29) is 36.0 Å². The number of carboxylic acid groups (broad SMARTS) is 1. The zero-order chi connectivity index (χ0) is 24.8. The molecular formula is C24H33FO8. The van der Waals surface area contributed by atoms with Gasteiger partial charge in [-0.1, -0.05) is 31.2 Å². The number of halogens is 1. The first-order valence-electron chi connectivity index (χ1n) is 10.7. The van der Waals surface area contributed by atoms with Crippen LogP contribution in [0.25, 0.3) is 6.08 Å². The lowest BCUT2D eigenvalue weighted by molar-refractivity contribution is -0.152. The number of benzene rings is 1. The minimum Gasteiger partial charge on any atom is -0.478 e. The molecule has 1 aliphatic rings. The summed E-state index contributed by atoms with van der Waals surface area (Å²) in [7, 11) is 1.39. The maximum absolute atomic E-state index is 14.5. The Morgan fingerprint density at radius 2 is 1.94 bits per heavy atom. The molecule has 1 heterocycles. The van der Waals surface area contributed by atoms with E-state index in [1.807, 2.05) is 6.92 Å². The van der Waals surface area contributed by atoms with Crippen LogP contribution in [0.5, 0.6) is 5.75 Å². The molecule has 1 unspecified atom stereocenters. The Morgan fingerprint density at radius 1 is 1.24 bits per heavy atom. The standard InChI is InChI=1S/C24H33FO8/c1-14(15(2)26)9-11-18(27)22-20(32-24(3,4)33-22)8-6-7-16-17(25)10-12-19(31-13-30-5)21(16)23(28)29/h6-7,9-12,14-15,18,20,22,26-27H,8,13H2,1-5H3,(H,28,29)/b7-6+,11-9-/t14-,15+,18?,20-,22-/m1/s1. The van der Waals surface area contributed by atoms with Crippen LogP contribution in [0.2, 0.25) is 0 Å². The van der Waals surface area contributed by atoms with Crippen molar-refractivity contribution in [3.63, 3.8) is 0 Å². The largest absolute Gasteiger partial charge is 0.478 e. The van der Waals surface area contributed by atoms with Gasteiger partial charge in [0.05, 0.1) is 12.2 Å². The first-order valence-corrected chi connectivity index (χ1v) is 10.7. The number of aromatic carboxylic acids is 1. The maximum atomic E-state index is 14.5. The smallest absolute Gasteiger partial charge is 0.340 e. The molecule has 184 valence electrons. The molecule has 0 bridgehead atoms. The Morgan fingerprint density at radius 3 is 2.55 bits per heavy atom. The van der Waals surface area contributed by atoms with Crippen molar-refractivity contribution < 1.29 is 43.5 Å². The van der Waals surface area contributed by atoms with Crippen molar-refractivity contribution in [1.82, 2.24) is 0 Å². The summed E-state index contributed by atoms with van der Waals surface area (Å²) < 4.78 is 36.2. The first kappa shape index (κ1) is 26.9. The predicted molar refractivity (Wildman–Crippen MR) is 119 cm³/mol. The van der Waals surface area contributed by atoms with E-state index in [4.69, 9.17) is 18.9 Å². The van der Waals surface area contributed by atoms with E-state index in [0.717, 1.165) is 6.07 Å². The number of hydrogen-bond acceptors (Lipinski definition) is 7. The molecule has 0 radical (unpaired) electrons. The van der Waals surface area contributed by atoms with E-state index in [1.165, 1.54) is 19.3 Å². The van der Waals surface area contributed by atoms with E-state index >= 15 is 0 Å². The van der Waals surface area contributed by atoms with Gasteiger partial charge in [0, 0.05) is 12.7 Å². The molecule has 33 heavy (non-hydrogen) atoms. The normalized spacial score (nSPS) is 23.2. The van der Waals surface area contributed by atoms with E-state index in [1.54, 1.807) is 39.0 Å². The van der Waals surface area contributed by atoms with Gasteiger partial charge in [0.25, 0.3) is 0 Å². The highest BCUT2D eigenvalue weighted by Crippen LogP contribution is 2.33. The Hall–Kier alpha value is -2.30. The molecule has 1 aromatic rings. The number of ether oxygens (including phenoxy) is 4. The molecule has 8 nitrogen and oxygen atoms in total. The van der Waals surface area contributed by atoms with Gasteiger partial charge in [-0.25, -0.2) is 9.18 Å². The number of aliphatic hydroxyl groups excluding tert-OH is 2. The molecule has 1 fully saturated rings. The summed E-state index contributed by atoms with van der Waals surface area (Å²) in [6.07, 6.45) is 3.58. The fraction of sp³-hybridized carbons (Fsp3) is 0.542. The molecule has 0 aromatic heterocycles. The lowest BCUT2D eigenvalue weighted by Gasteiger charge is -2.20. The number of hydrogen-bond donors (Lipinski definition) is 3. The monoisotopic (exact) mass is 468 g/mol. The Bertz CT molecular complexity index is 864. The number of aliphatic hydroxyl groups is 2. The molecule has 3 N–H and O–H groups in total. The van der Waals surface area contributed by atoms with Crippen LogP contribution in [0.3, 0.4) is 0 Å². The zero-order valence-electron chi connectivity index (χ0n) is 19.5. The lowest BCUT2D eigenvalue weighted by Crippen LogP contribution is -2.34. The van der Waals surface area contributed by atoms with Gasteiger partial charge in [-0.3, -0.25) is 0 Å². The summed E-state index contributed by atoms with van der Waals surface area (Å²) in [5.41, 5.74) is -0.462. The molecule has 2 rings (SSSR count). The second kappa shape index (κ2) is 11.7. The van der Waals surface area contributed by atoms with Gasteiger partial charge in [0.15, 0.2) is 12.6 Å². The molecular weight excluding hydrogens is 435 g/mol. The molecule has 1 aliphatic heterocycles. The third-order valence-corrected chi connectivity index (χ3v) is 5.28. The van der Waals surface area contributed by atoms with Gasteiger partial charge >= 0.3 is 5.97 Å². The molecule has 0 saturated carbocycles. The second-order valence-corrected chi connectivity index (χ2v) is 8.44. The van der Waals surface area contributed by atoms with Gasteiger partial charge in [0.1, 0.15) is 29.3 Å². The lowest BCUT2D eigenvalue weighted by atomic mass is 10.00. The summed E-state index contributed by atoms with van der Waals surface area (Å²) in [6.45, 7) is 6.74. The van der Waals surface area contributed by atoms with E-state index < -0.39 is 42.0 Å². The van der Waals surface area contributed by atoms with Crippen LogP contribution in [0.1, 0.15) is 50.0 Å². The predicted octanol–water partition coefficient (Wildman–Crippen LogP) is 3.36. The van der Waals surface area contributed by atoms with E-state index in [2.05, 4.69) is 0 Å².